The Morgan fingerprint density at radius 1 is 1.25 bits per heavy atom. The SMILES string of the molecule is COc1cccc(CC(O)Cc2ccn(C(C)C)n2)c1. The average Bonchev–Trinajstić information content (AvgIpc) is 2.87. The predicted octanol–water partition coefficient (Wildman–Crippen LogP) is 2.62. The third kappa shape index (κ3) is 3.84. The van der Waals surface area contributed by atoms with Crippen LogP contribution in [0.1, 0.15) is 31.1 Å². The highest BCUT2D eigenvalue weighted by atomic mass is 16.5. The van der Waals surface area contributed by atoms with Crippen molar-refractivity contribution in [1.82, 2.24) is 9.78 Å². The lowest BCUT2D eigenvalue weighted by Crippen LogP contribution is -2.15. The van der Waals surface area contributed by atoms with Gasteiger partial charge in [-0.15, -0.1) is 0 Å². The Morgan fingerprint density at radius 3 is 2.70 bits per heavy atom. The second-order valence-corrected chi connectivity index (χ2v) is 5.29. The molecular weight excluding hydrogens is 252 g/mol. The molecule has 0 amide bonds. The summed E-state index contributed by atoms with van der Waals surface area (Å²) < 4.78 is 7.10. The first-order valence-electron chi connectivity index (χ1n) is 6.93. The lowest BCUT2D eigenvalue weighted by Gasteiger charge is -2.10. The molecule has 0 spiro atoms. The van der Waals surface area contributed by atoms with E-state index in [1.165, 1.54) is 0 Å². The number of hydrogen-bond donors (Lipinski definition) is 1. The van der Waals surface area contributed by atoms with Crippen molar-refractivity contribution < 1.29 is 9.84 Å². The highest BCUT2D eigenvalue weighted by Crippen LogP contribution is 2.15. The van der Waals surface area contributed by atoms with Crippen LogP contribution in [0.3, 0.4) is 0 Å². The first kappa shape index (κ1) is 14.6. The minimum absolute atomic E-state index is 0.347. The van der Waals surface area contributed by atoms with Crippen molar-refractivity contribution in [2.45, 2.75) is 38.8 Å². The third-order valence-electron chi connectivity index (χ3n) is 3.24. The summed E-state index contributed by atoms with van der Waals surface area (Å²) in [4.78, 5) is 0. The molecule has 0 saturated heterocycles. The number of hydrogen-bond acceptors (Lipinski definition) is 3. The second kappa shape index (κ2) is 6.57. The molecule has 108 valence electrons. The van der Waals surface area contributed by atoms with Crippen LogP contribution in [-0.2, 0) is 12.8 Å². The Hall–Kier alpha value is -1.81. The summed E-state index contributed by atoms with van der Waals surface area (Å²) in [5, 5.41) is 14.6. The van der Waals surface area contributed by atoms with E-state index in [0.717, 1.165) is 17.0 Å². The molecule has 0 fully saturated rings. The van der Waals surface area contributed by atoms with Crippen LogP contribution in [0, 0.1) is 0 Å². The van der Waals surface area contributed by atoms with E-state index >= 15 is 0 Å². The van der Waals surface area contributed by atoms with Crippen molar-refractivity contribution in [1.29, 1.82) is 0 Å². The zero-order valence-electron chi connectivity index (χ0n) is 12.3. The van der Waals surface area contributed by atoms with Crippen LogP contribution in [0.2, 0.25) is 0 Å². The van der Waals surface area contributed by atoms with Gasteiger partial charge in [-0.3, -0.25) is 4.68 Å². The predicted molar refractivity (Wildman–Crippen MR) is 79.0 cm³/mol. The minimum atomic E-state index is -0.433. The van der Waals surface area contributed by atoms with Crippen LogP contribution in [0.15, 0.2) is 36.5 Å². The maximum Gasteiger partial charge on any atom is 0.119 e. The summed E-state index contributed by atoms with van der Waals surface area (Å²) in [5.41, 5.74) is 1.99. The van der Waals surface area contributed by atoms with Gasteiger partial charge in [0.25, 0.3) is 0 Å². The second-order valence-electron chi connectivity index (χ2n) is 5.29. The van der Waals surface area contributed by atoms with Crippen LogP contribution in [0.4, 0.5) is 0 Å². The summed E-state index contributed by atoms with van der Waals surface area (Å²) in [5.74, 6) is 0.818. The molecule has 0 aliphatic heterocycles. The third-order valence-corrected chi connectivity index (χ3v) is 3.24. The van der Waals surface area contributed by atoms with Gasteiger partial charge in [-0.2, -0.15) is 5.10 Å². The maximum absolute atomic E-state index is 10.2. The molecule has 2 rings (SSSR count). The minimum Gasteiger partial charge on any atom is -0.497 e. The van der Waals surface area contributed by atoms with Gasteiger partial charge in [0.1, 0.15) is 5.75 Å². The molecular formula is C16H22N2O2. The molecule has 1 unspecified atom stereocenters. The highest BCUT2D eigenvalue weighted by Gasteiger charge is 2.10. The lowest BCUT2D eigenvalue weighted by atomic mass is 10.0. The van der Waals surface area contributed by atoms with Gasteiger partial charge in [-0.05, 0) is 44.0 Å². The molecule has 20 heavy (non-hydrogen) atoms. The van der Waals surface area contributed by atoms with E-state index in [9.17, 15) is 5.11 Å². The summed E-state index contributed by atoms with van der Waals surface area (Å²) >= 11 is 0. The first-order valence-corrected chi connectivity index (χ1v) is 6.93. The van der Waals surface area contributed by atoms with Crippen molar-refractivity contribution in [2.24, 2.45) is 0 Å². The van der Waals surface area contributed by atoms with E-state index in [0.29, 0.717) is 18.9 Å². The number of nitrogens with zero attached hydrogens (tertiary/aromatic N) is 2. The van der Waals surface area contributed by atoms with Crippen molar-refractivity contribution in [3.8, 4) is 5.75 Å². The molecule has 1 heterocycles. The van der Waals surface area contributed by atoms with Gasteiger partial charge in [0.15, 0.2) is 0 Å². The fourth-order valence-electron chi connectivity index (χ4n) is 2.16. The van der Waals surface area contributed by atoms with Crippen LogP contribution in [-0.4, -0.2) is 28.1 Å². The zero-order chi connectivity index (χ0) is 14.5. The lowest BCUT2D eigenvalue weighted by molar-refractivity contribution is 0.174. The quantitative estimate of drug-likeness (QED) is 0.881. The number of ether oxygens (including phenoxy) is 1. The van der Waals surface area contributed by atoms with E-state index < -0.39 is 6.10 Å². The number of methoxy groups -OCH3 is 1. The molecule has 1 atom stereocenters. The van der Waals surface area contributed by atoms with Crippen LogP contribution in [0.5, 0.6) is 5.75 Å². The molecule has 1 aromatic carbocycles. The Balaban J connectivity index is 1.95. The van der Waals surface area contributed by atoms with Gasteiger partial charge in [0.2, 0.25) is 0 Å². The molecule has 0 saturated carbocycles. The van der Waals surface area contributed by atoms with Crippen molar-refractivity contribution in [3.05, 3.63) is 47.8 Å². The first-order chi connectivity index (χ1) is 9.58. The van der Waals surface area contributed by atoms with E-state index in [1.807, 2.05) is 41.2 Å². The Labute approximate surface area is 120 Å². The van der Waals surface area contributed by atoms with E-state index in [2.05, 4.69) is 18.9 Å². The summed E-state index contributed by atoms with van der Waals surface area (Å²) in [6, 6.07) is 10.1. The molecule has 0 aliphatic rings. The van der Waals surface area contributed by atoms with Crippen LogP contribution >= 0.6 is 0 Å². The van der Waals surface area contributed by atoms with Crippen LogP contribution < -0.4 is 4.74 Å². The number of aliphatic hydroxyl groups excluding tert-OH is 1. The standard InChI is InChI=1S/C16H22N2O2/c1-12(2)18-8-7-14(17-18)11-15(19)9-13-5-4-6-16(10-13)20-3/h4-8,10,12,15,19H,9,11H2,1-3H3. The van der Waals surface area contributed by atoms with Gasteiger partial charge < -0.3 is 9.84 Å². The molecule has 0 radical (unpaired) electrons. The van der Waals surface area contributed by atoms with E-state index in [1.54, 1.807) is 7.11 Å². The summed E-state index contributed by atoms with van der Waals surface area (Å²) in [7, 11) is 1.65. The summed E-state index contributed by atoms with van der Waals surface area (Å²) in [6.07, 6.45) is 2.69. The maximum atomic E-state index is 10.2. The van der Waals surface area contributed by atoms with E-state index in [-0.39, 0.29) is 0 Å². The molecule has 1 aromatic heterocycles. The molecule has 4 nitrogen and oxygen atoms in total. The van der Waals surface area contributed by atoms with Crippen LogP contribution in [0.25, 0.3) is 0 Å². The van der Waals surface area contributed by atoms with Crippen molar-refractivity contribution in [3.63, 3.8) is 0 Å². The number of aliphatic hydroxyl groups is 1. The molecule has 2 aromatic rings. The summed E-state index contributed by atoms with van der Waals surface area (Å²) in [6.45, 7) is 4.17. The van der Waals surface area contributed by atoms with Gasteiger partial charge >= 0.3 is 0 Å². The number of aromatic nitrogens is 2. The number of benzene rings is 1. The average molecular weight is 274 g/mol. The fourth-order valence-corrected chi connectivity index (χ4v) is 2.16. The molecule has 0 aliphatic carbocycles. The van der Waals surface area contributed by atoms with E-state index in [4.69, 9.17) is 4.74 Å². The Kier molecular flexibility index (Phi) is 4.79. The van der Waals surface area contributed by atoms with Gasteiger partial charge in [0.05, 0.1) is 18.9 Å². The molecule has 1 N–H and O–H groups in total. The topological polar surface area (TPSA) is 47.3 Å². The van der Waals surface area contributed by atoms with Gasteiger partial charge in [0, 0.05) is 18.7 Å². The molecule has 0 bridgehead atoms. The normalized spacial score (nSPS) is 12.7. The highest BCUT2D eigenvalue weighted by molar-refractivity contribution is 5.28. The zero-order valence-corrected chi connectivity index (χ0v) is 12.3. The smallest absolute Gasteiger partial charge is 0.119 e. The Morgan fingerprint density at radius 2 is 2.05 bits per heavy atom. The van der Waals surface area contributed by atoms with Crippen molar-refractivity contribution in [2.75, 3.05) is 7.11 Å². The van der Waals surface area contributed by atoms with Crippen molar-refractivity contribution >= 4 is 0 Å². The monoisotopic (exact) mass is 274 g/mol. The largest absolute Gasteiger partial charge is 0.497 e. The van der Waals surface area contributed by atoms with Gasteiger partial charge in [-0.25, -0.2) is 0 Å². The fraction of sp³-hybridized carbons (Fsp3) is 0.438. The Bertz CT molecular complexity index is 549. The number of rotatable bonds is 6. The molecule has 4 heteroatoms. The van der Waals surface area contributed by atoms with Gasteiger partial charge in [-0.1, -0.05) is 12.1 Å².